The molecule has 1 aliphatic rings. The van der Waals surface area contributed by atoms with Gasteiger partial charge in [-0.3, -0.25) is 4.79 Å². The monoisotopic (exact) mass is 242 g/mol. The topological polar surface area (TPSA) is 87.6 Å². The number of fused-ring (bicyclic) bond motifs is 1. The highest BCUT2D eigenvalue weighted by Gasteiger charge is 2.20. The van der Waals surface area contributed by atoms with Gasteiger partial charge in [0.15, 0.2) is 11.5 Å². The lowest BCUT2D eigenvalue weighted by Gasteiger charge is -2.21. The average Bonchev–Trinajstić information content (AvgIpc) is 2.28. The molecule has 86 valence electrons. The Morgan fingerprint density at radius 2 is 2.06 bits per heavy atom. The van der Waals surface area contributed by atoms with Crippen molar-refractivity contribution in [3.63, 3.8) is 0 Å². The summed E-state index contributed by atoms with van der Waals surface area (Å²) < 4.78 is 10.7. The first-order valence-electron chi connectivity index (χ1n) is 4.73. The Morgan fingerprint density at radius 3 is 2.75 bits per heavy atom. The first-order valence-corrected chi connectivity index (χ1v) is 5.11. The van der Waals surface area contributed by atoms with E-state index in [9.17, 15) is 4.79 Å². The Kier molecular flexibility index (Phi) is 2.89. The molecule has 0 saturated carbocycles. The summed E-state index contributed by atoms with van der Waals surface area (Å²) >= 11 is 5.98. The van der Waals surface area contributed by atoms with Crippen molar-refractivity contribution in [2.45, 2.75) is 6.04 Å². The van der Waals surface area contributed by atoms with Crippen molar-refractivity contribution in [3.05, 3.63) is 22.7 Å². The molecule has 0 fully saturated rings. The third-order valence-corrected chi connectivity index (χ3v) is 2.57. The van der Waals surface area contributed by atoms with E-state index in [4.69, 9.17) is 32.5 Å². The van der Waals surface area contributed by atoms with Gasteiger partial charge < -0.3 is 20.9 Å². The SMILES string of the molecule is NC(=O)C(N)c1cc(Cl)c2c(c1)OCCO2. The van der Waals surface area contributed by atoms with Crippen molar-refractivity contribution in [2.24, 2.45) is 11.5 Å². The number of ether oxygens (including phenoxy) is 2. The number of amides is 1. The lowest BCUT2D eigenvalue weighted by molar-refractivity contribution is -0.119. The first kappa shape index (κ1) is 11.0. The zero-order valence-electron chi connectivity index (χ0n) is 8.40. The van der Waals surface area contributed by atoms with E-state index in [-0.39, 0.29) is 0 Å². The molecule has 1 aromatic rings. The van der Waals surface area contributed by atoms with Gasteiger partial charge in [0.25, 0.3) is 0 Å². The maximum absolute atomic E-state index is 11.0. The molecule has 1 heterocycles. The summed E-state index contributed by atoms with van der Waals surface area (Å²) in [5, 5.41) is 0.365. The van der Waals surface area contributed by atoms with E-state index in [1.54, 1.807) is 12.1 Å². The van der Waals surface area contributed by atoms with Crippen LogP contribution < -0.4 is 20.9 Å². The summed E-state index contributed by atoms with van der Waals surface area (Å²) in [5.41, 5.74) is 11.2. The zero-order valence-corrected chi connectivity index (χ0v) is 9.16. The number of halogens is 1. The Morgan fingerprint density at radius 1 is 1.38 bits per heavy atom. The van der Waals surface area contributed by atoms with Crippen LogP contribution >= 0.6 is 11.6 Å². The van der Waals surface area contributed by atoms with Gasteiger partial charge in [-0.2, -0.15) is 0 Å². The number of benzene rings is 1. The summed E-state index contributed by atoms with van der Waals surface area (Å²) in [7, 11) is 0. The van der Waals surface area contributed by atoms with Crippen molar-refractivity contribution < 1.29 is 14.3 Å². The van der Waals surface area contributed by atoms with E-state index in [2.05, 4.69) is 0 Å². The van der Waals surface area contributed by atoms with Crippen molar-refractivity contribution in [1.82, 2.24) is 0 Å². The van der Waals surface area contributed by atoms with Gasteiger partial charge in [-0.05, 0) is 17.7 Å². The summed E-state index contributed by atoms with van der Waals surface area (Å²) in [6.07, 6.45) is 0. The molecule has 0 aromatic heterocycles. The maximum atomic E-state index is 11.0. The number of carbonyl (C=O) groups excluding carboxylic acids is 1. The van der Waals surface area contributed by atoms with Crippen LogP contribution in [0.2, 0.25) is 5.02 Å². The molecule has 6 heteroatoms. The van der Waals surface area contributed by atoms with Crippen LogP contribution in [0.25, 0.3) is 0 Å². The minimum absolute atomic E-state index is 0.365. The van der Waals surface area contributed by atoms with Gasteiger partial charge in [-0.1, -0.05) is 11.6 Å². The Bertz CT molecular complexity index is 436. The fourth-order valence-electron chi connectivity index (χ4n) is 1.47. The summed E-state index contributed by atoms with van der Waals surface area (Å²) in [4.78, 5) is 11.0. The number of primary amides is 1. The largest absolute Gasteiger partial charge is 0.486 e. The van der Waals surface area contributed by atoms with Gasteiger partial charge in [0.05, 0.1) is 5.02 Å². The van der Waals surface area contributed by atoms with Crippen LogP contribution in [-0.4, -0.2) is 19.1 Å². The summed E-state index contributed by atoms with van der Waals surface area (Å²) in [5.74, 6) is 0.353. The van der Waals surface area contributed by atoms with Crippen molar-refractivity contribution in [1.29, 1.82) is 0 Å². The lowest BCUT2D eigenvalue weighted by atomic mass is 10.1. The number of rotatable bonds is 2. The molecule has 1 atom stereocenters. The van der Waals surface area contributed by atoms with E-state index in [0.717, 1.165) is 0 Å². The molecule has 0 saturated heterocycles. The quantitative estimate of drug-likeness (QED) is 0.795. The maximum Gasteiger partial charge on any atom is 0.238 e. The number of carbonyl (C=O) groups is 1. The molecular weight excluding hydrogens is 232 g/mol. The van der Waals surface area contributed by atoms with Gasteiger partial charge in [0, 0.05) is 0 Å². The standard InChI is InChI=1S/C10H11ClN2O3/c11-6-3-5(8(12)10(13)14)4-7-9(6)16-2-1-15-7/h3-4,8H,1-2,12H2,(H2,13,14). The van der Waals surface area contributed by atoms with E-state index in [0.29, 0.717) is 35.3 Å². The first-order chi connectivity index (χ1) is 7.59. The molecule has 1 unspecified atom stereocenters. The Balaban J connectivity index is 2.42. The molecular formula is C10H11ClN2O3. The van der Waals surface area contributed by atoms with Crippen LogP contribution in [0.3, 0.4) is 0 Å². The highest BCUT2D eigenvalue weighted by atomic mass is 35.5. The average molecular weight is 243 g/mol. The molecule has 4 N–H and O–H groups in total. The van der Waals surface area contributed by atoms with Crippen LogP contribution in [0.15, 0.2) is 12.1 Å². The molecule has 0 radical (unpaired) electrons. The van der Waals surface area contributed by atoms with Crippen LogP contribution in [-0.2, 0) is 4.79 Å². The van der Waals surface area contributed by atoms with Crippen LogP contribution in [0.1, 0.15) is 11.6 Å². The van der Waals surface area contributed by atoms with Crippen LogP contribution in [0, 0.1) is 0 Å². The second kappa shape index (κ2) is 4.19. The van der Waals surface area contributed by atoms with E-state index in [1.165, 1.54) is 0 Å². The minimum Gasteiger partial charge on any atom is -0.486 e. The smallest absolute Gasteiger partial charge is 0.238 e. The van der Waals surface area contributed by atoms with Gasteiger partial charge in [-0.15, -0.1) is 0 Å². The van der Waals surface area contributed by atoms with Crippen molar-refractivity contribution in [2.75, 3.05) is 13.2 Å². The van der Waals surface area contributed by atoms with Gasteiger partial charge in [0.1, 0.15) is 19.3 Å². The summed E-state index contributed by atoms with van der Waals surface area (Å²) in [6.45, 7) is 0.895. The molecule has 1 amide bonds. The second-order valence-electron chi connectivity index (χ2n) is 3.41. The highest BCUT2D eigenvalue weighted by Crippen LogP contribution is 2.39. The fraction of sp³-hybridized carbons (Fsp3) is 0.300. The molecule has 0 spiro atoms. The molecule has 0 aliphatic carbocycles. The van der Waals surface area contributed by atoms with E-state index < -0.39 is 11.9 Å². The number of hydrogen-bond donors (Lipinski definition) is 2. The fourth-order valence-corrected chi connectivity index (χ4v) is 1.75. The van der Waals surface area contributed by atoms with Gasteiger partial charge in [0.2, 0.25) is 5.91 Å². The minimum atomic E-state index is -0.895. The molecule has 16 heavy (non-hydrogen) atoms. The van der Waals surface area contributed by atoms with Crippen LogP contribution in [0.4, 0.5) is 0 Å². The van der Waals surface area contributed by atoms with Crippen molar-refractivity contribution >= 4 is 17.5 Å². The third kappa shape index (κ3) is 1.91. The zero-order chi connectivity index (χ0) is 11.7. The normalized spacial score (nSPS) is 15.6. The molecule has 5 nitrogen and oxygen atoms in total. The Labute approximate surface area is 97.3 Å². The van der Waals surface area contributed by atoms with Crippen molar-refractivity contribution in [3.8, 4) is 11.5 Å². The van der Waals surface area contributed by atoms with Gasteiger partial charge in [-0.25, -0.2) is 0 Å². The predicted molar refractivity (Wildman–Crippen MR) is 58.6 cm³/mol. The molecule has 1 aliphatic heterocycles. The van der Waals surface area contributed by atoms with E-state index >= 15 is 0 Å². The molecule has 2 rings (SSSR count). The second-order valence-corrected chi connectivity index (χ2v) is 3.81. The molecule has 0 bridgehead atoms. The predicted octanol–water partition coefficient (Wildman–Crippen LogP) is 0.596. The number of nitrogens with two attached hydrogens (primary N) is 2. The highest BCUT2D eigenvalue weighted by molar-refractivity contribution is 6.32. The van der Waals surface area contributed by atoms with Gasteiger partial charge >= 0.3 is 0 Å². The third-order valence-electron chi connectivity index (χ3n) is 2.28. The summed E-state index contributed by atoms with van der Waals surface area (Å²) in [6, 6.07) is 2.29. The number of hydrogen-bond acceptors (Lipinski definition) is 4. The van der Waals surface area contributed by atoms with Crippen LogP contribution in [0.5, 0.6) is 11.5 Å². The molecule has 1 aromatic carbocycles. The lowest BCUT2D eigenvalue weighted by Crippen LogP contribution is -2.28. The van der Waals surface area contributed by atoms with E-state index in [1.807, 2.05) is 0 Å². The Hall–Kier alpha value is -1.46.